The second kappa shape index (κ2) is 7.33. The maximum Gasteiger partial charge on any atom is 0.263 e. The number of nitrogens with one attached hydrogen (secondary N) is 1. The van der Waals surface area contributed by atoms with Crippen LogP contribution in [0.25, 0.3) is 0 Å². The van der Waals surface area contributed by atoms with Crippen LogP contribution in [0.2, 0.25) is 0 Å². The quantitative estimate of drug-likeness (QED) is 0.855. The van der Waals surface area contributed by atoms with Crippen molar-refractivity contribution < 1.29 is 13.9 Å². The maximum atomic E-state index is 12.8. The summed E-state index contributed by atoms with van der Waals surface area (Å²) in [5.41, 5.74) is 6.15. The average molecular weight is 323 g/mol. The largest absolute Gasteiger partial charge is 0.486 e. The molecule has 0 aliphatic heterocycles. The first-order valence-corrected chi connectivity index (χ1v) is 7.67. The van der Waals surface area contributed by atoms with Crippen molar-refractivity contribution >= 4 is 17.2 Å². The van der Waals surface area contributed by atoms with Gasteiger partial charge in [-0.3, -0.25) is 4.79 Å². The molecule has 0 aliphatic rings. The highest BCUT2D eigenvalue weighted by atomic mass is 32.1. The number of hydrogen-bond acceptors (Lipinski definition) is 5. The van der Waals surface area contributed by atoms with E-state index in [0.29, 0.717) is 27.9 Å². The lowest BCUT2D eigenvalue weighted by Gasteiger charge is -2.09. The second-order valence-corrected chi connectivity index (χ2v) is 5.96. The standard InChI is InChI=1S/C15H18FN3O2S/c1-9(7-17)18-15(20)14-10(2)19-13(22-14)8-21-12-5-3-11(16)4-6-12/h3-6,9H,7-8,17H2,1-2H3,(H,18,20)/t9-/m0/s1. The number of thiazole rings is 1. The van der Waals surface area contributed by atoms with Gasteiger partial charge in [0.2, 0.25) is 0 Å². The highest BCUT2D eigenvalue weighted by Crippen LogP contribution is 2.20. The van der Waals surface area contributed by atoms with Gasteiger partial charge in [-0.25, -0.2) is 9.37 Å². The van der Waals surface area contributed by atoms with Gasteiger partial charge in [0, 0.05) is 12.6 Å². The average Bonchev–Trinajstić information content (AvgIpc) is 2.87. The summed E-state index contributed by atoms with van der Waals surface area (Å²) >= 11 is 1.28. The monoisotopic (exact) mass is 323 g/mol. The number of aromatic nitrogens is 1. The fourth-order valence-corrected chi connectivity index (χ4v) is 2.63. The zero-order valence-corrected chi connectivity index (χ0v) is 13.2. The van der Waals surface area contributed by atoms with Gasteiger partial charge >= 0.3 is 0 Å². The Kier molecular flexibility index (Phi) is 5.46. The molecule has 22 heavy (non-hydrogen) atoms. The minimum Gasteiger partial charge on any atom is -0.486 e. The van der Waals surface area contributed by atoms with Crippen LogP contribution in [0.5, 0.6) is 5.75 Å². The Balaban J connectivity index is 2.00. The minimum absolute atomic E-state index is 0.0899. The fraction of sp³-hybridized carbons (Fsp3) is 0.333. The van der Waals surface area contributed by atoms with Gasteiger partial charge in [-0.1, -0.05) is 0 Å². The van der Waals surface area contributed by atoms with Crippen LogP contribution in [0.4, 0.5) is 4.39 Å². The summed E-state index contributed by atoms with van der Waals surface area (Å²) in [6.07, 6.45) is 0. The lowest BCUT2D eigenvalue weighted by molar-refractivity contribution is 0.0944. The van der Waals surface area contributed by atoms with Crippen molar-refractivity contribution in [3.63, 3.8) is 0 Å². The van der Waals surface area contributed by atoms with Crippen LogP contribution in [0.3, 0.4) is 0 Å². The van der Waals surface area contributed by atoms with Crippen molar-refractivity contribution in [1.82, 2.24) is 10.3 Å². The van der Waals surface area contributed by atoms with E-state index in [4.69, 9.17) is 10.5 Å². The number of amides is 1. The Morgan fingerprint density at radius 2 is 2.14 bits per heavy atom. The van der Waals surface area contributed by atoms with Crippen LogP contribution < -0.4 is 15.8 Å². The zero-order chi connectivity index (χ0) is 16.1. The van der Waals surface area contributed by atoms with Crippen LogP contribution in [-0.2, 0) is 6.61 Å². The van der Waals surface area contributed by atoms with Crippen molar-refractivity contribution in [3.8, 4) is 5.75 Å². The molecule has 0 radical (unpaired) electrons. The SMILES string of the molecule is Cc1nc(COc2ccc(F)cc2)sc1C(=O)N[C@@H](C)CN. The van der Waals surface area contributed by atoms with Gasteiger partial charge in [0.15, 0.2) is 0 Å². The highest BCUT2D eigenvalue weighted by Gasteiger charge is 2.16. The molecule has 7 heteroatoms. The predicted octanol–water partition coefficient (Wildman–Crippen LogP) is 2.25. The van der Waals surface area contributed by atoms with Crippen molar-refractivity contribution in [2.24, 2.45) is 5.73 Å². The molecule has 0 saturated carbocycles. The predicted molar refractivity (Wildman–Crippen MR) is 83.6 cm³/mol. The Morgan fingerprint density at radius 1 is 1.45 bits per heavy atom. The number of nitrogens with two attached hydrogens (primary N) is 1. The van der Waals surface area contributed by atoms with Gasteiger partial charge in [-0.2, -0.15) is 0 Å². The van der Waals surface area contributed by atoms with Gasteiger partial charge in [-0.05, 0) is 38.1 Å². The highest BCUT2D eigenvalue weighted by molar-refractivity contribution is 7.13. The summed E-state index contributed by atoms with van der Waals surface area (Å²) in [6, 6.07) is 5.66. The first kappa shape index (κ1) is 16.4. The van der Waals surface area contributed by atoms with Gasteiger partial charge in [-0.15, -0.1) is 11.3 Å². The first-order chi connectivity index (χ1) is 10.5. The number of hydrogen-bond donors (Lipinski definition) is 2. The molecule has 0 saturated heterocycles. The molecule has 3 N–H and O–H groups in total. The zero-order valence-electron chi connectivity index (χ0n) is 12.4. The molecule has 1 aromatic carbocycles. The third-order valence-electron chi connectivity index (χ3n) is 2.95. The summed E-state index contributed by atoms with van der Waals surface area (Å²) in [7, 11) is 0. The fourth-order valence-electron chi connectivity index (χ4n) is 1.75. The van der Waals surface area contributed by atoms with Crippen LogP contribution >= 0.6 is 11.3 Å². The molecule has 2 aromatic rings. The summed E-state index contributed by atoms with van der Waals surface area (Å²) in [5.74, 6) is 0.0587. The maximum absolute atomic E-state index is 12.8. The third-order valence-corrected chi connectivity index (χ3v) is 4.08. The van der Waals surface area contributed by atoms with Gasteiger partial charge < -0.3 is 15.8 Å². The molecule has 0 bridgehead atoms. The Morgan fingerprint density at radius 3 is 2.77 bits per heavy atom. The molecule has 5 nitrogen and oxygen atoms in total. The van der Waals surface area contributed by atoms with Crippen molar-refractivity contribution in [3.05, 3.63) is 45.7 Å². The third kappa shape index (κ3) is 4.25. The number of benzene rings is 1. The molecule has 118 valence electrons. The van der Waals surface area contributed by atoms with E-state index >= 15 is 0 Å². The number of rotatable bonds is 6. The molecule has 0 aliphatic carbocycles. The van der Waals surface area contributed by atoms with Crippen molar-refractivity contribution in [1.29, 1.82) is 0 Å². The summed E-state index contributed by atoms with van der Waals surface area (Å²) in [6.45, 7) is 4.23. The van der Waals surface area contributed by atoms with E-state index in [1.165, 1.54) is 23.5 Å². The van der Waals surface area contributed by atoms with E-state index in [1.54, 1.807) is 19.1 Å². The van der Waals surface area contributed by atoms with Gasteiger partial charge in [0.25, 0.3) is 5.91 Å². The van der Waals surface area contributed by atoms with E-state index in [-0.39, 0.29) is 24.4 Å². The minimum atomic E-state index is -0.314. The van der Waals surface area contributed by atoms with E-state index in [2.05, 4.69) is 10.3 Å². The first-order valence-electron chi connectivity index (χ1n) is 6.85. The normalized spacial score (nSPS) is 12.0. The van der Waals surface area contributed by atoms with E-state index in [1.807, 2.05) is 6.92 Å². The molecule has 0 unspecified atom stereocenters. The van der Waals surface area contributed by atoms with E-state index in [0.717, 1.165) is 0 Å². The van der Waals surface area contributed by atoms with Crippen LogP contribution in [0, 0.1) is 12.7 Å². The van der Waals surface area contributed by atoms with Gasteiger partial charge in [0.05, 0.1) is 5.69 Å². The van der Waals surface area contributed by atoms with Crippen molar-refractivity contribution in [2.45, 2.75) is 26.5 Å². The molecule has 1 heterocycles. The Hall–Kier alpha value is -1.99. The number of carbonyl (C=O) groups excluding carboxylic acids is 1. The molecule has 1 aromatic heterocycles. The lowest BCUT2D eigenvalue weighted by atomic mass is 10.3. The molecule has 0 spiro atoms. The number of carbonyl (C=O) groups is 1. The number of nitrogens with zero attached hydrogens (tertiary/aromatic N) is 1. The Labute approximate surface area is 132 Å². The molecule has 1 amide bonds. The number of ether oxygens (including phenoxy) is 1. The summed E-state index contributed by atoms with van der Waals surface area (Å²) in [5, 5.41) is 3.49. The Bertz CT molecular complexity index is 643. The molecule has 2 rings (SSSR count). The molecule has 1 atom stereocenters. The molecule has 0 fully saturated rings. The van der Waals surface area contributed by atoms with Crippen LogP contribution in [0.1, 0.15) is 27.3 Å². The lowest BCUT2D eigenvalue weighted by Crippen LogP contribution is -2.37. The summed E-state index contributed by atoms with van der Waals surface area (Å²) < 4.78 is 18.3. The van der Waals surface area contributed by atoms with E-state index < -0.39 is 0 Å². The molecular weight excluding hydrogens is 305 g/mol. The summed E-state index contributed by atoms with van der Waals surface area (Å²) in [4.78, 5) is 17.0. The smallest absolute Gasteiger partial charge is 0.263 e. The number of halogens is 1. The van der Waals surface area contributed by atoms with Crippen LogP contribution in [0.15, 0.2) is 24.3 Å². The molecular formula is C15H18FN3O2S. The van der Waals surface area contributed by atoms with Crippen molar-refractivity contribution in [2.75, 3.05) is 6.54 Å². The van der Waals surface area contributed by atoms with Crippen LogP contribution in [-0.4, -0.2) is 23.5 Å². The van der Waals surface area contributed by atoms with E-state index in [9.17, 15) is 9.18 Å². The van der Waals surface area contributed by atoms with Gasteiger partial charge in [0.1, 0.15) is 28.1 Å². The number of aryl methyl sites for hydroxylation is 1. The second-order valence-electron chi connectivity index (χ2n) is 4.87. The topological polar surface area (TPSA) is 77.2 Å².